The third-order valence-corrected chi connectivity index (χ3v) is 3.36. The summed E-state index contributed by atoms with van der Waals surface area (Å²) in [5.41, 5.74) is 1.50. The summed E-state index contributed by atoms with van der Waals surface area (Å²) in [6.07, 6.45) is 2.11. The van der Waals surface area contributed by atoms with Gasteiger partial charge in [-0.05, 0) is 32.0 Å². The molecular formula is C12H15N5O2. The van der Waals surface area contributed by atoms with Gasteiger partial charge in [0, 0.05) is 18.2 Å². The zero-order valence-electron chi connectivity index (χ0n) is 10.3. The number of anilines is 1. The minimum atomic E-state index is -0.403. The summed E-state index contributed by atoms with van der Waals surface area (Å²) in [6.45, 7) is 2.01. The Bertz CT molecular complexity index is 603. The van der Waals surface area contributed by atoms with Crippen LogP contribution in [-0.2, 0) is 0 Å². The Labute approximate surface area is 109 Å². The summed E-state index contributed by atoms with van der Waals surface area (Å²) in [7, 11) is 0. The van der Waals surface area contributed by atoms with Crippen LogP contribution in [0.4, 0.5) is 11.6 Å². The molecule has 0 atom stereocenters. The minimum absolute atomic E-state index is 0.0737. The van der Waals surface area contributed by atoms with E-state index in [1.165, 1.54) is 12.1 Å². The number of nitrogens with zero attached hydrogens (tertiary/aromatic N) is 2. The number of hydrogen-bond acceptors (Lipinski definition) is 5. The quantitative estimate of drug-likeness (QED) is 0.576. The summed E-state index contributed by atoms with van der Waals surface area (Å²) < 4.78 is 0. The van der Waals surface area contributed by atoms with Gasteiger partial charge in [-0.2, -0.15) is 0 Å². The maximum absolute atomic E-state index is 10.7. The SMILES string of the molecule is O=[N+]([O-])c1ccc2nc(NC3CCNCC3)[nH]c2c1. The van der Waals surface area contributed by atoms with Crippen LogP contribution in [0, 0.1) is 10.1 Å². The van der Waals surface area contributed by atoms with E-state index in [1.54, 1.807) is 6.07 Å². The van der Waals surface area contributed by atoms with E-state index in [1.807, 2.05) is 0 Å². The molecule has 1 fully saturated rings. The molecule has 0 spiro atoms. The van der Waals surface area contributed by atoms with Crippen molar-refractivity contribution in [1.82, 2.24) is 15.3 Å². The van der Waals surface area contributed by atoms with Gasteiger partial charge in [0.15, 0.2) is 0 Å². The maximum Gasteiger partial charge on any atom is 0.271 e. The molecule has 0 bridgehead atoms. The van der Waals surface area contributed by atoms with Gasteiger partial charge in [-0.3, -0.25) is 10.1 Å². The number of nitro groups is 1. The standard InChI is InChI=1S/C12H15N5O2/c18-17(19)9-1-2-10-11(7-9)16-12(15-10)14-8-3-5-13-6-4-8/h1-2,7-8,13H,3-6H2,(H2,14,15,16). The van der Waals surface area contributed by atoms with E-state index in [0.29, 0.717) is 17.5 Å². The summed E-state index contributed by atoms with van der Waals surface area (Å²) in [4.78, 5) is 17.8. The second-order valence-electron chi connectivity index (χ2n) is 4.71. The van der Waals surface area contributed by atoms with Gasteiger partial charge in [-0.15, -0.1) is 0 Å². The lowest BCUT2D eigenvalue weighted by atomic mass is 10.1. The predicted octanol–water partition coefficient (Wildman–Crippen LogP) is 1.63. The molecule has 7 heteroatoms. The smallest absolute Gasteiger partial charge is 0.271 e. The number of fused-ring (bicyclic) bond motifs is 1. The van der Waals surface area contributed by atoms with Crippen molar-refractivity contribution in [1.29, 1.82) is 0 Å². The van der Waals surface area contributed by atoms with E-state index < -0.39 is 4.92 Å². The highest BCUT2D eigenvalue weighted by Crippen LogP contribution is 2.21. The molecule has 2 aromatic rings. The third-order valence-electron chi connectivity index (χ3n) is 3.36. The fraction of sp³-hybridized carbons (Fsp3) is 0.417. The van der Waals surface area contributed by atoms with E-state index in [0.717, 1.165) is 31.4 Å². The Hall–Kier alpha value is -2.15. The highest BCUT2D eigenvalue weighted by atomic mass is 16.6. The number of aromatic amines is 1. The lowest BCUT2D eigenvalue weighted by Crippen LogP contribution is -2.35. The van der Waals surface area contributed by atoms with E-state index in [4.69, 9.17) is 0 Å². The average Bonchev–Trinajstić information content (AvgIpc) is 2.80. The van der Waals surface area contributed by atoms with Crippen molar-refractivity contribution >= 4 is 22.7 Å². The van der Waals surface area contributed by atoms with E-state index in [9.17, 15) is 10.1 Å². The van der Waals surface area contributed by atoms with Crippen LogP contribution >= 0.6 is 0 Å². The Morgan fingerprint density at radius 3 is 2.89 bits per heavy atom. The number of aromatic nitrogens is 2. The number of nitro benzene ring substituents is 1. The summed E-state index contributed by atoms with van der Waals surface area (Å²) in [5.74, 6) is 0.683. The van der Waals surface area contributed by atoms with Gasteiger partial charge in [0.2, 0.25) is 5.95 Å². The highest BCUT2D eigenvalue weighted by Gasteiger charge is 2.15. The number of non-ortho nitro benzene ring substituents is 1. The first kappa shape index (κ1) is 11.9. The second-order valence-corrected chi connectivity index (χ2v) is 4.71. The third kappa shape index (κ3) is 2.50. The Morgan fingerprint density at radius 2 is 2.16 bits per heavy atom. The average molecular weight is 261 g/mol. The summed E-state index contributed by atoms with van der Waals surface area (Å²) in [6, 6.07) is 5.04. The molecule has 0 aliphatic carbocycles. The van der Waals surface area contributed by atoms with Crippen molar-refractivity contribution in [3.05, 3.63) is 28.3 Å². The van der Waals surface area contributed by atoms with Crippen LogP contribution in [0.3, 0.4) is 0 Å². The molecule has 3 rings (SSSR count). The lowest BCUT2D eigenvalue weighted by molar-refractivity contribution is -0.384. The number of piperidine rings is 1. The molecule has 0 radical (unpaired) electrons. The monoisotopic (exact) mass is 261 g/mol. The van der Waals surface area contributed by atoms with E-state index in [2.05, 4.69) is 20.6 Å². The summed E-state index contributed by atoms with van der Waals surface area (Å²) >= 11 is 0. The molecule has 1 aliphatic heterocycles. The van der Waals surface area contributed by atoms with Crippen molar-refractivity contribution in [3.8, 4) is 0 Å². The molecule has 19 heavy (non-hydrogen) atoms. The highest BCUT2D eigenvalue weighted by molar-refractivity contribution is 5.79. The van der Waals surface area contributed by atoms with Crippen LogP contribution in [0.25, 0.3) is 11.0 Å². The number of rotatable bonds is 3. The Morgan fingerprint density at radius 1 is 1.37 bits per heavy atom. The van der Waals surface area contributed by atoms with Crippen LogP contribution < -0.4 is 10.6 Å². The molecule has 0 unspecified atom stereocenters. The molecule has 100 valence electrons. The van der Waals surface area contributed by atoms with Gasteiger partial charge in [-0.25, -0.2) is 4.98 Å². The first-order valence-corrected chi connectivity index (χ1v) is 6.34. The van der Waals surface area contributed by atoms with Crippen molar-refractivity contribution in [2.24, 2.45) is 0 Å². The van der Waals surface area contributed by atoms with Crippen LogP contribution in [0.5, 0.6) is 0 Å². The number of imidazole rings is 1. The molecule has 2 heterocycles. The number of hydrogen-bond donors (Lipinski definition) is 3. The first-order chi connectivity index (χ1) is 9.22. The van der Waals surface area contributed by atoms with Gasteiger partial charge in [0.1, 0.15) is 0 Å². The minimum Gasteiger partial charge on any atom is -0.353 e. The van der Waals surface area contributed by atoms with Crippen molar-refractivity contribution in [2.45, 2.75) is 18.9 Å². The van der Waals surface area contributed by atoms with E-state index >= 15 is 0 Å². The van der Waals surface area contributed by atoms with Crippen LogP contribution in [0.1, 0.15) is 12.8 Å². The molecule has 1 saturated heterocycles. The van der Waals surface area contributed by atoms with Gasteiger partial charge in [-0.1, -0.05) is 0 Å². The van der Waals surface area contributed by atoms with Gasteiger partial charge in [0.05, 0.1) is 16.0 Å². The normalized spacial score (nSPS) is 16.6. The Balaban J connectivity index is 1.82. The van der Waals surface area contributed by atoms with Gasteiger partial charge < -0.3 is 15.6 Å². The molecule has 1 aromatic heterocycles. The topological polar surface area (TPSA) is 95.9 Å². The first-order valence-electron chi connectivity index (χ1n) is 6.34. The van der Waals surface area contributed by atoms with Crippen molar-refractivity contribution < 1.29 is 4.92 Å². The van der Waals surface area contributed by atoms with Gasteiger partial charge >= 0.3 is 0 Å². The maximum atomic E-state index is 10.7. The fourth-order valence-corrected chi connectivity index (χ4v) is 2.34. The van der Waals surface area contributed by atoms with Crippen LogP contribution in [0.15, 0.2) is 18.2 Å². The molecule has 0 amide bonds. The fourth-order valence-electron chi connectivity index (χ4n) is 2.34. The molecular weight excluding hydrogens is 246 g/mol. The number of benzene rings is 1. The van der Waals surface area contributed by atoms with Crippen LogP contribution in [0.2, 0.25) is 0 Å². The van der Waals surface area contributed by atoms with E-state index in [-0.39, 0.29) is 5.69 Å². The zero-order chi connectivity index (χ0) is 13.2. The summed E-state index contributed by atoms with van der Waals surface area (Å²) in [5, 5.41) is 17.4. The zero-order valence-corrected chi connectivity index (χ0v) is 10.3. The van der Waals surface area contributed by atoms with Gasteiger partial charge in [0.25, 0.3) is 5.69 Å². The molecule has 3 N–H and O–H groups in total. The Kier molecular flexibility index (Phi) is 3.04. The second kappa shape index (κ2) is 4.85. The molecule has 1 aromatic carbocycles. The lowest BCUT2D eigenvalue weighted by Gasteiger charge is -2.23. The molecule has 1 aliphatic rings. The van der Waals surface area contributed by atoms with Crippen molar-refractivity contribution in [3.63, 3.8) is 0 Å². The molecule has 0 saturated carbocycles. The molecule has 7 nitrogen and oxygen atoms in total. The largest absolute Gasteiger partial charge is 0.353 e. The number of nitrogens with one attached hydrogen (secondary N) is 3. The predicted molar refractivity (Wildman–Crippen MR) is 72.3 cm³/mol. The number of H-pyrrole nitrogens is 1. The van der Waals surface area contributed by atoms with Crippen LogP contribution in [-0.4, -0.2) is 34.0 Å². The van der Waals surface area contributed by atoms with Crippen molar-refractivity contribution in [2.75, 3.05) is 18.4 Å².